The Morgan fingerprint density at radius 1 is 1.36 bits per heavy atom. The largest absolute Gasteiger partial charge is 0.459 e. The number of esters is 1. The molecule has 1 saturated heterocycles. The first kappa shape index (κ1) is 16.4. The van der Waals surface area contributed by atoms with E-state index in [1.54, 1.807) is 20.8 Å². The summed E-state index contributed by atoms with van der Waals surface area (Å²) in [4.78, 5) is 21.6. The highest BCUT2D eigenvalue weighted by molar-refractivity contribution is 7.89. The maximum atomic E-state index is 12.4. The monoisotopic (exact) mass is 328 g/mol. The molecule has 1 heterocycles. The number of nitrogens with zero attached hydrogens (tertiary/aromatic N) is 2. The lowest BCUT2D eigenvalue weighted by Crippen LogP contribution is -2.29. The van der Waals surface area contributed by atoms with Crippen LogP contribution in [0.25, 0.3) is 0 Å². The van der Waals surface area contributed by atoms with Crippen molar-refractivity contribution in [2.24, 2.45) is 0 Å². The van der Waals surface area contributed by atoms with Crippen LogP contribution in [0.1, 0.15) is 20.8 Å². The average Bonchev–Trinajstić information content (AvgIpc) is 3.17. The molecular weight excluding hydrogens is 312 g/mol. The molecule has 8 nitrogen and oxygen atoms in total. The number of ether oxygens (including phenoxy) is 1. The minimum atomic E-state index is -4.10. The molecule has 1 aromatic rings. The predicted octanol–water partition coefficient (Wildman–Crippen LogP) is 1.31. The Hall–Kier alpha value is -2.00. The van der Waals surface area contributed by atoms with Gasteiger partial charge < -0.3 is 4.74 Å². The third-order valence-corrected chi connectivity index (χ3v) is 4.82. The minimum absolute atomic E-state index is 0.0384. The number of carbonyl (C=O) groups excluding carboxylic acids is 1. The van der Waals surface area contributed by atoms with E-state index in [0.29, 0.717) is 0 Å². The molecule has 0 N–H and O–H groups in total. The molecule has 1 fully saturated rings. The summed E-state index contributed by atoms with van der Waals surface area (Å²) in [5, 5.41) is 10.9. The molecule has 0 spiro atoms. The Labute approximate surface area is 127 Å². The van der Waals surface area contributed by atoms with Gasteiger partial charge in [-0.15, -0.1) is 0 Å². The SMILES string of the molecule is CC(C)(C)OC(=O)C1CN1S(=O)(=O)c1ccccc1[N+](=O)[O-]. The lowest BCUT2D eigenvalue weighted by Gasteiger charge is -2.19. The molecule has 0 aliphatic carbocycles. The smallest absolute Gasteiger partial charge is 0.326 e. The fraction of sp³-hybridized carbons (Fsp3) is 0.462. The second kappa shape index (κ2) is 5.33. The lowest BCUT2D eigenvalue weighted by atomic mass is 10.2. The van der Waals surface area contributed by atoms with Gasteiger partial charge in [0.2, 0.25) is 0 Å². The lowest BCUT2D eigenvalue weighted by molar-refractivity contribution is -0.387. The predicted molar refractivity (Wildman–Crippen MR) is 76.6 cm³/mol. The standard InChI is InChI=1S/C13H16N2O6S/c1-13(2,3)21-12(16)10-8-14(10)22(19,20)11-7-5-4-6-9(11)15(17)18/h4-7,10H,8H2,1-3H3. The van der Waals surface area contributed by atoms with Gasteiger partial charge in [-0.2, -0.15) is 4.31 Å². The molecule has 0 bridgehead atoms. The van der Waals surface area contributed by atoms with E-state index in [0.717, 1.165) is 16.4 Å². The first-order valence-corrected chi connectivity index (χ1v) is 7.96. The maximum absolute atomic E-state index is 12.4. The van der Waals surface area contributed by atoms with E-state index >= 15 is 0 Å². The fourth-order valence-electron chi connectivity index (χ4n) is 1.90. The quantitative estimate of drug-likeness (QED) is 0.357. The van der Waals surface area contributed by atoms with Crippen LogP contribution in [-0.2, 0) is 19.6 Å². The van der Waals surface area contributed by atoms with Gasteiger partial charge in [0.15, 0.2) is 4.90 Å². The van der Waals surface area contributed by atoms with Crippen LogP contribution in [0, 0.1) is 10.1 Å². The van der Waals surface area contributed by atoms with Crippen LogP contribution in [0.3, 0.4) is 0 Å². The second-order valence-electron chi connectivity index (χ2n) is 5.85. The third kappa shape index (κ3) is 3.25. The number of carbonyl (C=O) groups is 1. The van der Waals surface area contributed by atoms with E-state index in [1.807, 2.05) is 0 Å². The number of benzene rings is 1. The summed E-state index contributed by atoms with van der Waals surface area (Å²) in [5.74, 6) is -0.658. The summed E-state index contributed by atoms with van der Waals surface area (Å²) in [7, 11) is -4.10. The number of nitro groups is 1. The van der Waals surface area contributed by atoms with Crippen molar-refractivity contribution in [3.05, 3.63) is 34.4 Å². The highest BCUT2D eigenvalue weighted by Gasteiger charge is 2.52. The molecule has 1 aliphatic heterocycles. The molecule has 120 valence electrons. The zero-order chi connectivity index (χ0) is 16.7. The summed E-state index contributed by atoms with van der Waals surface area (Å²) in [6.07, 6.45) is 0. The zero-order valence-corrected chi connectivity index (χ0v) is 13.2. The van der Waals surface area contributed by atoms with Gasteiger partial charge in [-0.05, 0) is 26.8 Å². The van der Waals surface area contributed by atoms with Crippen LogP contribution < -0.4 is 0 Å². The topological polar surface area (TPSA) is 107 Å². The van der Waals surface area contributed by atoms with Crippen LogP contribution >= 0.6 is 0 Å². The normalized spacial score (nSPS) is 21.2. The summed E-state index contributed by atoms with van der Waals surface area (Å²) >= 11 is 0. The van der Waals surface area contributed by atoms with Crippen molar-refractivity contribution in [2.45, 2.75) is 37.3 Å². The fourth-order valence-corrected chi connectivity index (χ4v) is 3.57. The minimum Gasteiger partial charge on any atom is -0.459 e. The molecule has 1 aromatic carbocycles. The van der Waals surface area contributed by atoms with Crippen LogP contribution in [0.15, 0.2) is 29.2 Å². The first-order valence-electron chi connectivity index (χ1n) is 6.52. The van der Waals surface area contributed by atoms with Crippen LogP contribution in [0.4, 0.5) is 5.69 Å². The molecule has 2 rings (SSSR count). The Kier molecular flexibility index (Phi) is 3.96. The van der Waals surface area contributed by atoms with Gasteiger partial charge in [0, 0.05) is 12.6 Å². The van der Waals surface area contributed by atoms with Crippen molar-refractivity contribution < 1.29 is 22.9 Å². The van der Waals surface area contributed by atoms with Crippen LogP contribution in [0.5, 0.6) is 0 Å². The number of sulfonamides is 1. The third-order valence-electron chi connectivity index (χ3n) is 2.89. The van der Waals surface area contributed by atoms with Crippen LogP contribution in [0.2, 0.25) is 0 Å². The number of hydrogen-bond acceptors (Lipinski definition) is 6. The van der Waals surface area contributed by atoms with Crippen molar-refractivity contribution in [3.8, 4) is 0 Å². The molecule has 2 atom stereocenters. The number of para-hydroxylation sites is 1. The van der Waals surface area contributed by atoms with Crippen LogP contribution in [-0.4, -0.2) is 41.8 Å². The molecule has 1 aliphatic rings. The summed E-state index contributed by atoms with van der Waals surface area (Å²) in [5.41, 5.74) is -1.24. The van der Waals surface area contributed by atoms with Gasteiger partial charge in [0.1, 0.15) is 11.6 Å². The van der Waals surface area contributed by atoms with Crippen molar-refractivity contribution in [3.63, 3.8) is 0 Å². The van der Waals surface area contributed by atoms with E-state index in [-0.39, 0.29) is 6.54 Å². The zero-order valence-electron chi connectivity index (χ0n) is 12.3. The molecule has 0 amide bonds. The summed E-state index contributed by atoms with van der Waals surface area (Å²) in [6.45, 7) is 4.99. The maximum Gasteiger partial charge on any atom is 0.326 e. The van der Waals surface area contributed by atoms with Crippen molar-refractivity contribution >= 4 is 21.7 Å². The van der Waals surface area contributed by atoms with Gasteiger partial charge in [0.25, 0.3) is 15.7 Å². The first-order chi connectivity index (χ1) is 10.0. The number of rotatable bonds is 4. The molecule has 2 unspecified atom stereocenters. The summed E-state index contributed by atoms with van der Waals surface area (Å²) < 4.78 is 30.8. The average molecular weight is 328 g/mol. The van der Waals surface area contributed by atoms with E-state index in [2.05, 4.69) is 0 Å². The van der Waals surface area contributed by atoms with E-state index in [4.69, 9.17) is 4.74 Å². The molecule has 9 heteroatoms. The van der Waals surface area contributed by atoms with E-state index in [1.165, 1.54) is 12.1 Å². The van der Waals surface area contributed by atoms with Gasteiger partial charge in [-0.1, -0.05) is 12.1 Å². The Bertz CT molecular complexity index is 722. The second-order valence-corrected chi connectivity index (χ2v) is 7.71. The molecule has 0 saturated carbocycles. The number of nitro benzene ring substituents is 1. The van der Waals surface area contributed by atoms with Gasteiger partial charge >= 0.3 is 5.97 Å². The Morgan fingerprint density at radius 3 is 2.50 bits per heavy atom. The highest BCUT2D eigenvalue weighted by atomic mass is 32.2. The van der Waals surface area contributed by atoms with Gasteiger partial charge in [-0.3, -0.25) is 14.9 Å². The van der Waals surface area contributed by atoms with Gasteiger partial charge in [-0.25, -0.2) is 8.42 Å². The molecule has 22 heavy (non-hydrogen) atoms. The van der Waals surface area contributed by atoms with E-state index in [9.17, 15) is 23.3 Å². The molecular formula is C13H16N2O6S. The Morgan fingerprint density at radius 2 is 1.95 bits per heavy atom. The van der Waals surface area contributed by atoms with Crippen molar-refractivity contribution in [1.82, 2.24) is 4.31 Å². The number of hydrogen-bond donors (Lipinski definition) is 0. The summed E-state index contributed by atoms with van der Waals surface area (Å²) in [6, 6.07) is 4.11. The van der Waals surface area contributed by atoms with Crippen molar-refractivity contribution in [2.75, 3.05) is 6.54 Å². The Balaban J connectivity index is 2.24. The molecule has 0 aromatic heterocycles. The molecule has 0 radical (unpaired) electrons. The van der Waals surface area contributed by atoms with Crippen molar-refractivity contribution in [1.29, 1.82) is 0 Å². The highest BCUT2D eigenvalue weighted by Crippen LogP contribution is 2.34. The van der Waals surface area contributed by atoms with E-state index < -0.39 is 43.1 Å². The van der Waals surface area contributed by atoms with Gasteiger partial charge in [0.05, 0.1) is 4.92 Å².